The number of carbonyl (C=O) groups is 4. The highest BCUT2D eigenvalue weighted by molar-refractivity contribution is 5.96. The molecule has 0 aliphatic heterocycles. The molecule has 0 fully saturated rings. The van der Waals surface area contributed by atoms with Gasteiger partial charge in [-0.05, 0) is 50.7 Å². The van der Waals surface area contributed by atoms with Gasteiger partial charge in [-0.25, -0.2) is 0 Å². The normalized spacial score (nSPS) is 16.1. The van der Waals surface area contributed by atoms with Crippen LogP contribution in [0, 0.1) is 0 Å². The van der Waals surface area contributed by atoms with E-state index in [-0.39, 0.29) is 63.7 Å². The van der Waals surface area contributed by atoms with Gasteiger partial charge in [-0.2, -0.15) is 0 Å². The molecular formula is C53H75N7O25. The van der Waals surface area contributed by atoms with Crippen LogP contribution in [0.3, 0.4) is 0 Å². The Morgan fingerprint density at radius 2 is 0.671 bits per heavy atom. The summed E-state index contributed by atoms with van der Waals surface area (Å²) < 4.78 is 2.61. The smallest absolute Gasteiger partial charge is 0.271 e. The predicted octanol–water partition coefficient (Wildman–Crippen LogP) is -8.30. The summed E-state index contributed by atoms with van der Waals surface area (Å²) >= 11 is 0. The van der Waals surface area contributed by atoms with Crippen LogP contribution in [0.25, 0.3) is 0 Å². The largest absolute Gasteiger partial charge is 0.503 e. The fourth-order valence-corrected chi connectivity index (χ4v) is 9.08. The van der Waals surface area contributed by atoms with E-state index in [0.717, 1.165) is 50.5 Å². The summed E-state index contributed by atoms with van der Waals surface area (Å²) in [5, 5.41) is 194. The van der Waals surface area contributed by atoms with Crippen molar-refractivity contribution in [2.45, 2.75) is 137 Å². The molecule has 0 saturated heterocycles. The zero-order valence-electron chi connectivity index (χ0n) is 45.6. The van der Waals surface area contributed by atoms with E-state index in [1.54, 1.807) is 18.2 Å². The van der Waals surface area contributed by atoms with E-state index in [0.29, 0.717) is 0 Å². The van der Waals surface area contributed by atoms with Gasteiger partial charge in [0.2, 0.25) is 16.3 Å². The molecule has 0 radical (unpaired) electrons. The lowest BCUT2D eigenvalue weighted by molar-refractivity contribution is -0.117. The van der Waals surface area contributed by atoms with Gasteiger partial charge < -0.3 is 127 Å². The van der Waals surface area contributed by atoms with Gasteiger partial charge in [0.25, 0.3) is 23.6 Å². The summed E-state index contributed by atoms with van der Waals surface area (Å²) in [6.07, 6.45) is -21.5. The van der Waals surface area contributed by atoms with Crippen LogP contribution in [0.4, 0.5) is 0 Å². The first-order valence-corrected chi connectivity index (χ1v) is 26.6. The number of aromatic hydroxyl groups is 3. The van der Waals surface area contributed by atoms with Gasteiger partial charge in [0, 0.05) is 67.5 Å². The highest BCUT2D eigenvalue weighted by atomic mass is 16.4. The molecule has 85 heavy (non-hydrogen) atoms. The molecule has 4 rings (SSSR count). The number of hydrogen-bond donors (Lipinski definition) is 22. The lowest BCUT2D eigenvalue weighted by atomic mass is 9.83. The molecule has 1 aromatic carbocycles. The van der Waals surface area contributed by atoms with Gasteiger partial charge in [-0.15, -0.1) is 0 Å². The number of pyridine rings is 3. The summed E-state index contributed by atoms with van der Waals surface area (Å²) in [6, 6.07) is 10.2. The number of aliphatic hydroxyl groups is 15. The quantitative estimate of drug-likeness (QED) is 0.0190. The van der Waals surface area contributed by atoms with E-state index in [9.17, 15) is 125 Å². The van der Waals surface area contributed by atoms with Gasteiger partial charge in [0.1, 0.15) is 73.2 Å². The van der Waals surface area contributed by atoms with Crippen LogP contribution in [-0.4, -0.2) is 247 Å². The average molecular weight is 1210 g/mol. The number of rotatable bonds is 35. The van der Waals surface area contributed by atoms with Gasteiger partial charge in [0.15, 0.2) is 34.3 Å². The number of benzene rings is 1. The van der Waals surface area contributed by atoms with Crippen LogP contribution in [0.1, 0.15) is 80.3 Å². The highest BCUT2D eigenvalue weighted by Gasteiger charge is 2.36. The molecule has 3 aromatic heterocycles. The predicted molar refractivity (Wildman–Crippen MR) is 292 cm³/mol. The molecule has 4 aromatic rings. The first-order chi connectivity index (χ1) is 40.1. The molecule has 12 atom stereocenters. The Kier molecular flexibility index (Phi) is 27.2. The number of nitrogens with zero attached hydrogens (tertiary/aromatic N) is 3. The zero-order valence-corrected chi connectivity index (χ0v) is 45.6. The molecule has 1 unspecified atom stereocenters. The average Bonchev–Trinajstić information content (AvgIpc) is 3.70. The monoisotopic (exact) mass is 1210 g/mol. The maximum Gasteiger partial charge on any atom is 0.271 e. The maximum absolute atomic E-state index is 14.1. The second-order valence-corrected chi connectivity index (χ2v) is 20.2. The van der Waals surface area contributed by atoms with Crippen molar-refractivity contribution in [3.05, 3.63) is 120 Å². The second kappa shape index (κ2) is 32.9. The van der Waals surface area contributed by atoms with Crippen molar-refractivity contribution >= 4 is 23.6 Å². The first kappa shape index (κ1) is 70.2. The van der Waals surface area contributed by atoms with Gasteiger partial charge >= 0.3 is 0 Å². The van der Waals surface area contributed by atoms with E-state index < -0.39 is 192 Å². The molecule has 0 aliphatic rings. The summed E-state index contributed by atoms with van der Waals surface area (Å²) in [5.74, 6) is -7.26. The summed E-state index contributed by atoms with van der Waals surface area (Å²) in [6.45, 7) is -6.16. The maximum atomic E-state index is 14.1. The van der Waals surface area contributed by atoms with Crippen LogP contribution in [0.15, 0.2) is 81.5 Å². The summed E-state index contributed by atoms with van der Waals surface area (Å²) in [7, 11) is 0. The lowest BCUT2D eigenvalue weighted by Crippen LogP contribution is -2.50. The van der Waals surface area contributed by atoms with Gasteiger partial charge in [0.05, 0.1) is 39.5 Å². The number of aromatic nitrogens is 3. The van der Waals surface area contributed by atoms with E-state index in [4.69, 9.17) is 0 Å². The fourth-order valence-electron chi connectivity index (χ4n) is 9.08. The minimum absolute atomic E-state index is 0.0608. The lowest BCUT2D eigenvalue weighted by Gasteiger charge is -2.36. The highest BCUT2D eigenvalue weighted by Crippen LogP contribution is 2.27. The van der Waals surface area contributed by atoms with Crippen molar-refractivity contribution in [1.29, 1.82) is 0 Å². The fraction of sp³-hybridized carbons (Fsp3) is 0.528. The van der Waals surface area contributed by atoms with Crippen molar-refractivity contribution in [2.75, 3.05) is 39.5 Å². The van der Waals surface area contributed by atoms with Crippen LogP contribution in [0.5, 0.6) is 17.2 Å². The third-order valence-electron chi connectivity index (χ3n) is 14.0. The van der Waals surface area contributed by atoms with E-state index in [1.807, 2.05) is 0 Å². The van der Waals surface area contributed by atoms with Crippen molar-refractivity contribution in [3.63, 3.8) is 0 Å². The van der Waals surface area contributed by atoms with Crippen LogP contribution in [0.2, 0.25) is 0 Å². The van der Waals surface area contributed by atoms with Crippen LogP contribution in [-0.2, 0) is 19.6 Å². The number of carbonyl (C=O) groups excluding carboxylic acids is 4. The molecule has 0 spiro atoms. The van der Waals surface area contributed by atoms with Crippen LogP contribution < -0.4 is 37.6 Å². The zero-order chi connectivity index (χ0) is 63.5. The molecule has 32 heteroatoms. The van der Waals surface area contributed by atoms with Gasteiger partial charge in [-0.3, -0.25) is 33.6 Å². The molecule has 472 valence electrons. The molecule has 3 heterocycles. The number of amides is 4. The Morgan fingerprint density at radius 3 is 0.941 bits per heavy atom. The second-order valence-electron chi connectivity index (χ2n) is 20.2. The summed E-state index contributed by atoms with van der Waals surface area (Å²) in [4.78, 5) is 93.2. The topological polar surface area (TPSA) is 547 Å². The van der Waals surface area contributed by atoms with Crippen LogP contribution >= 0.6 is 0 Å². The van der Waals surface area contributed by atoms with Crippen molar-refractivity contribution in [1.82, 2.24) is 35.0 Å². The molecule has 0 aliphatic carbocycles. The SMILES string of the molecule is O=C(NC(CCCNC(=O)c1c(O)c(=O)ccn1C[C@H](O)C(O)[C@H](O)[C@H](O)CO)(CCCNC(=O)c1c(O)c(=O)ccn1C[C@H](O)[C@@H](O)[C@H](O)[C@H](O)CO)CCCNC(=O)c1c(O)c(=O)ccn1C[C@H](O)[C@@H](O)[C@H](O)[C@H](O)CO)c1ccccc1. The molecule has 0 saturated carbocycles. The van der Waals surface area contributed by atoms with E-state index in [1.165, 1.54) is 12.1 Å². The molecular weight excluding hydrogens is 1130 g/mol. The number of hydrogen-bond acceptors (Lipinski definition) is 25. The Bertz CT molecular complexity index is 2740. The Hall–Kier alpha value is -7.25. The Morgan fingerprint density at radius 1 is 0.400 bits per heavy atom. The van der Waals surface area contributed by atoms with E-state index in [2.05, 4.69) is 21.3 Å². The van der Waals surface area contributed by atoms with Crippen molar-refractivity contribution < 1.29 is 111 Å². The van der Waals surface area contributed by atoms with Crippen molar-refractivity contribution in [2.24, 2.45) is 0 Å². The Balaban J connectivity index is 1.67. The van der Waals surface area contributed by atoms with Crippen molar-refractivity contribution in [3.8, 4) is 17.2 Å². The van der Waals surface area contributed by atoms with E-state index >= 15 is 0 Å². The third kappa shape index (κ3) is 18.9. The molecule has 4 amide bonds. The Labute approximate surface area is 482 Å². The minimum atomic E-state index is -2.11. The first-order valence-electron chi connectivity index (χ1n) is 26.6. The molecule has 32 nitrogen and oxygen atoms in total. The molecule has 22 N–H and O–H groups in total. The summed E-state index contributed by atoms with van der Waals surface area (Å²) in [5.41, 5.74) is -6.54. The third-order valence-corrected chi connectivity index (χ3v) is 14.0. The van der Waals surface area contributed by atoms with Gasteiger partial charge in [-0.1, -0.05) is 18.2 Å². The minimum Gasteiger partial charge on any atom is -0.503 e. The molecule has 0 bridgehead atoms. The standard InChI is InChI=1S/C53H75N7O25/c61-24-34(70)46(79)43(76)31(67)21-58-18-9-28(64)40(73)37(58)50(83)54-15-4-12-53(57-49(82)27-7-2-1-3-8-27,13-5-16-55-51(84)38-41(74)29(65)10-19-59(38)22-32(68)44(77)47(80)35(71)25-62)14-6-17-56-52(85)39-42(75)30(66)11-20-60(39)23-33(69)45(78)48(81)36(72)26-63/h1-3,7-11,18-20,31-36,43-48,61-63,67-81H,4-6,12-17,21-26H2,(H,54,83)(H,55,84)(H,56,85)(H,57,82)/t31-,32-,33-,34+,35+,36+,43+,44+,45?,46+,47+,48+/m0/s1. The number of nitrogens with one attached hydrogen (secondary N) is 4. The number of aliphatic hydroxyl groups excluding tert-OH is 15.